The molecule has 4 heterocycles. The summed E-state index contributed by atoms with van der Waals surface area (Å²) in [5.74, 6) is 0. The molecule has 0 bridgehead atoms. The van der Waals surface area contributed by atoms with Crippen LogP contribution in [-0.4, -0.2) is 4.40 Å². The Hall–Kier alpha value is -3.16. The van der Waals surface area contributed by atoms with Crippen LogP contribution >= 0.6 is 11.3 Å². The lowest BCUT2D eigenvalue weighted by atomic mass is 9.98. The van der Waals surface area contributed by atoms with Gasteiger partial charge in [0.15, 0.2) is 6.20 Å². The molecule has 0 aliphatic heterocycles. The predicted molar refractivity (Wildman–Crippen MR) is 107 cm³/mol. The van der Waals surface area contributed by atoms with E-state index in [2.05, 4.69) is 70.9 Å². The summed E-state index contributed by atoms with van der Waals surface area (Å²) in [4.78, 5) is 0. The molecule has 3 nitrogen and oxygen atoms in total. The lowest BCUT2D eigenvalue weighted by Gasteiger charge is -2.10. The van der Waals surface area contributed by atoms with E-state index in [-0.39, 0.29) is 0 Å². The molecule has 122 valence electrons. The summed E-state index contributed by atoms with van der Waals surface area (Å²) in [5.41, 5.74) is 6.72. The van der Waals surface area contributed by atoms with Crippen molar-refractivity contribution >= 4 is 59.6 Å². The number of aryl methyl sites for hydroxylation is 2. The third-order valence-electron chi connectivity index (χ3n) is 5.57. The van der Waals surface area contributed by atoms with Gasteiger partial charge in [0.1, 0.15) is 7.05 Å². The first-order chi connectivity index (χ1) is 12.7. The van der Waals surface area contributed by atoms with E-state index < -0.39 is 0 Å². The van der Waals surface area contributed by atoms with Crippen LogP contribution in [0, 0.1) is 18.3 Å². The van der Waals surface area contributed by atoms with E-state index in [9.17, 15) is 5.26 Å². The second kappa shape index (κ2) is 4.51. The Kier molecular flexibility index (Phi) is 2.44. The molecule has 0 unspecified atom stereocenters. The van der Waals surface area contributed by atoms with E-state index in [1.165, 1.54) is 32.0 Å². The van der Waals surface area contributed by atoms with Crippen LogP contribution in [0.4, 0.5) is 0 Å². The number of hydrogen-bond donors (Lipinski definition) is 0. The van der Waals surface area contributed by atoms with Gasteiger partial charge < -0.3 is 4.40 Å². The number of para-hydroxylation sites is 1. The summed E-state index contributed by atoms with van der Waals surface area (Å²) in [7, 11) is 2.11. The number of pyridine rings is 2. The minimum Gasteiger partial charge on any atom is -0.307 e. The highest BCUT2D eigenvalue weighted by Gasteiger charge is 2.25. The SMILES string of the molecule is Cc1cc(C#N)c2c3ccccc3n3c4csc5cc[n+](C)c(c1c23)c54. The third kappa shape index (κ3) is 1.43. The molecule has 2 aromatic carbocycles. The highest BCUT2D eigenvalue weighted by molar-refractivity contribution is 7.18. The van der Waals surface area contributed by atoms with Crippen molar-refractivity contribution in [2.45, 2.75) is 6.92 Å². The fraction of sp³-hybridized carbons (Fsp3) is 0.0909. The summed E-state index contributed by atoms with van der Waals surface area (Å²) in [6.45, 7) is 2.12. The van der Waals surface area contributed by atoms with Crippen LogP contribution in [0.15, 0.2) is 48.0 Å². The average molecular weight is 352 g/mol. The van der Waals surface area contributed by atoms with E-state index in [1.54, 1.807) is 11.3 Å². The van der Waals surface area contributed by atoms with E-state index in [0.717, 1.165) is 27.4 Å². The molecule has 0 saturated heterocycles. The molecular formula is C22H14N3S+. The van der Waals surface area contributed by atoms with Crippen molar-refractivity contribution in [3.05, 3.63) is 59.1 Å². The van der Waals surface area contributed by atoms with E-state index >= 15 is 0 Å². The van der Waals surface area contributed by atoms with Crippen molar-refractivity contribution in [3.63, 3.8) is 0 Å². The zero-order valence-electron chi connectivity index (χ0n) is 14.4. The molecule has 0 fully saturated rings. The molecule has 6 rings (SSSR count). The quantitative estimate of drug-likeness (QED) is 0.278. The Morgan fingerprint density at radius 2 is 1.92 bits per heavy atom. The van der Waals surface area contributed by atoms with E-state index in [1.807, 2.05) is 6.07 Å². The second-order valence-corrected chi connectivity index (χ2v) is 7.85. The van der Waals surface area contributed by atoms with Gasteiger partial charge >= 0.3 is 0 Å². The topological polar surface area (TPSA) is 32.1 Å². The highest BCUT2D eigenvalue weighted by Crippen LogP contribution is 2.43. The van der Waals surface area contributed by atoms with Crippen molar-refractivity contribution < 1.29 is 4.57 Å². The summed E-state index contributed by atoms with van der Waals surface area (Å²) in [6.07, 6.45) is 2.14. The Morgan fingerprint density at radius 1 is 1.08 bits per heavy atom. The summed E-state index contributed by atoms with van der Waals surface area (Å²) in [6, 6.07) is 15.1. The molecule has 26 heavy (non-hydrogen) atoms. The number of hydrogen-bond acceptors (Lipinski definition) is 2. The van der Waals surface area contributed by atoms with Crippen molar-refractivity contribution in [1.29, 1.82) is 5.26 Å². The molecule has 6 aromatic rings. The lowest BCUT2D eigenvalue weighted by molar-refractivity contribution is -0.643. The van der Waals surface area contributed by atoms with Crippen LogP contribution in [0.2, 0.25) is 0 Å². The summed E-state index contributed by atoms with van der Waals surface area (Å²) < 4.78 is 5.88. The van der Waals surface area contributed by atoms with Gasteiger partial charge in [-0.1, -0.05) is 18.2 Å². The maximum Gasteiger partial charge on any atom is 0.225 e. The zero-order valence-corrected chi connectivity index (χ0v) is 15.2. The molecule has 0 amide bonds. The van der Waals surface area contributed by atoms with Crippen molar-refractivity contribution in [2.24, 2.45) is 7.05 Å². The van der Waals surface area contributed by atoms with Gasteiger partial charge in [0.2, 0.25) is 5.52 Å². The van der Waals surface area contributed by atoms with Gasteiger partial charge in [-0.3, -0.25) is 0 Å². The fourth-order valence-electron chi connectivity index (χ4n) is 4.55. The molecule has 0 saturated carbocycles. The average Bonchev–Trinajstić information content (AvgIpc) is 3.22. The van der Waals surface area contributed by atoms with Crippen LogP contribution in [0.5, 0.6) is 0 Å². The molecular weight excluding hydrogens is 338 g/mol. The molecule has 0 atom stereocenters. The monoisotopic (exact) mass is 352 g/mol. The maximum atomic E-state index is 9.81. The number of benzene rings is 2. The standard InChI is InChI=1S/C22H14N3S/c1-12-9-13(10-23)19-14-5-3-4-6-15(14)25-16-11-26-17-7-8-24(2)21(20(16)17)18(12)22(19)25/h3-9,11H,1-2H3/q+1. The predicted octanol–water partition coefficient (Wildman–Crippen LogP) is 5.06. The van der Waals surface area contributed by atoms with Gasteiger partial charge in [0.25, 0.3) is 0 Å². The number of rotatable bonds is 0. The van der Waals surface area contributed by atoms with Gasteiger partial charge in [0, 0.05) is 26.9 Å². The Bertz CT molecular complexity index is 1560. The van der Waals surface area contributed by atoms with Gasteiger partial charge in [-0.15, -0.1) is 11.3 Å². The zero-order chi connectivity index (χ0) is 17.6. The molecule has 0 spiro atoms. The van der Waals surface area contributed by atoms with Crippen molar-refractivity contribution in [2.75, 3.05) is 0 Å². The number of nitrogens with zero attached hydrogens (tertiary/aromatic N) is 3. The fourth-order valence-corrected chi connectivity index (χ4v) is 5.47. The number of fused-ring (bicyclic) bond motifs is 5. The van der Waals surface area contributed by atoms with Gasteiger partial charge in [-0.05, 0) is 24.6 Å². The first-order valence-electron chi connectivity index (χ1n) is 8.58. The van der Waals surface area contributed by atoms with Gasteiger partial charge in [0.05, 0.1) is 39.0 Å². The summed E-state index contributed by atoms with van der Waals surface area (Å²) in [5, 5.41) is 16.8. The van der Waals surface area contributed by atoms with Gasteiger partial charge in [-0.25, -0.2) is 4.57 Å². The maximum absolute atomic E-state index is 9.81. The number of thiophene rings is 1. The normalized spacial score (nSPS) is 12.2. The Labute approximate surface area is 153 Å². The smallest absolute Gasteiger partial charge is 0.225 e. The third-order valence-corrected chi connectivity index (χ3v) is 6.51. The summed E-state index contributed by atoms with van der Waals surface area (Å²) >= 11 is 1.78. The van der Waals surface area contributed by atoms with E-state index in [4.69, 9.17) is 0 Å². The first-order valence-corrected chi connectivity index (χ1v) is 9.46. The molecule has 0 N–H and O–H groups in total. The second-order valence-electron chi connectivity index (χ2n) is 6.94. The Balaban J connectivity index is 2.18. The number of aromatic nitrogens is 2. The molecule has 0 radical (unpaired) electrons. The van der Waals surface area contributed by atoms with E-state index in [0.29, 0.717) is 0 Å². The van der Waals surface area contributed by atoms with Crippen molar-refractivity contribution in [1.82, 2.24) is 4.40 Å². The minimum atomic E-state index is 0.754. The van der Waals surface area contributed by atoms with Crippen LogP contribution in [0.25, 0.3) is 48.3 Å². The first kappa shape index (κ1) is 14.1. The van der Waals surface area contributed by atoms with Crippen LogP contribution in [0.3, 0.4) is 0 Å². The Morgan fingerprint density at radius 3 is 2.77 bits per heavy atom. The van der Waals surface area contributed by atoms with Crippen LogP contribution < -0.4 is 4.57 Å². The molecule has 0 aliphatic carbocycles. The molecule has 0 aliphatic rings. The highest BCUT2D eigenvalue weighted by atomic mass is 32.1. The lowest BCUT2D eigenvalue weighted by Crippen LogP contribution is -2.28. The molecule has 4 aromatic heterocycles. The van der Waals surface area contributed by atoms with Crippen LogP contribution in [0.1, 0.15) is 11.1 Å². The largest absolute Gasteiger partial charge is 0.307 e. The van der Waals surface area contributed by atoms with Crippen LogP contribution in [-0.2, 0) is 7.05 Å². The van der Waals surface area contributed by atoms with Gasteiger partial charge in [-0.2, -0.15) is 5.26 Å². The minimum absolute atomic E-state index is 0.754. The number of nitriles is 1. The van der Waals surface area contributed by atoms with Crippen molar-refractivity contribution in [3.8, 4) is 6.07 Å². The molecule has 4 heteroatoms.